The number of hydrogen-bond donors (Lipinski definition) is 2. The van der Waals surface area contributed by atoms with Crippen molar-refractivity contribution in [2.45, 2.75) is 32.4 Å². The molecule has 1 rings (SSSR count). The number of hydrogen-bond acceptors (Lipinski definition) is 2. The van der Waals surface area contributed by atoms with Gasteiger partial charge in [0.2, 0.25) is 0 Å². The summed E-state index contributed by atoms with van der Waals surface area (Å²) in [4.78, 5) is 10.5. The van der Waals surface area contributed by atoms with Gasteiger partial charge in [-0.1, -0.05) is 0 Å². The van der Waals surface area contributed by atoms with Gasteiger partial charge in [0.05, 0.1) is 5.92 Å². The smallest absolute Gasteiger partial charge is 0.308 e. The number of nitrogens with one attached hydrogen (secondary N) is 1. The maximum atomic E-state index is 10.5. The van der Waals surface area contributed by atoms with Gasteiger partial charge in [0.25, 0.3) is 0 Å². The number of carboxylic acid groups (broad SMARTS) is 1. The average Bonchev–Trinajstić information content (AvgIpc) is 2.10. The summed E-state index contributed by atoms with van der Waals surface area (Å²) >= 11 is 0. The Labute approximate surface area is 60.4 Å². The highest BCUT2D eigenvalue weighted by atomic mass is 16.4. The molecule has 0 aromatic carbocycles. The van der Waals surface area contributed by atoms with E-state index in [1.807, 2.05) is 13.8 Å². The topological polar surface area (TPSA) is 49.3 Å². The van der Waals surface area contributed by atoms with Crippen LogP contribution in [0.1, 0.15) is 20.3 Å². The van der Waals surface area contributed by atoms with E-state index in [-0.39, 0.29) is 12.0 Å². The van der Waals surface area contributed by atoms with Gasteiger partial charge in [-0.25, -0.2) is 0 Å². The number of carboxylic acids is 1. The molecule has 0 aromatic heterocycles. The van der Waals surface area contributed by atoms with Crippen LogP contribution in [0, 0.1) is 5.92 Å². The normalized spacial score (nSPS) is 40.0. The Bertz CT molecular complexity index is 147. The van der Waals surface area contributed by atoms with E-state index in [2.05, 4.69) is 5.32 Å². The molecule has 1 aliphatic heterocycles. The maximum absolute atomic E-state index is 10.5. The van der Waals surface area contributed by atoms with Crippen molar-refractivity contribution in [1.82, 2.24) is 5.32 Å². The van der Waals surface area contributed by atoms with Crippen molar-refractivity contribution in [2.75, 3.05) is 0 Å². The van der Waals surface area contributed by atoms with Crippen LogP contribution in [-0.4, -0.2) is 23.2 Å². The van der Waals surface area contributed by atoms with Gasteiger partial charge >= 0.3 is 5.97 Å². The standard InChI is InChI=1S/C7H13NO2/c1-4-3-6(7(9)10)5(2)8-4/h4-6,8H,3H2,1-2H3,(H,9,10)/t4-,5-,6-/m0/s1. The Hall–Kier alpha value is -0.570. The molecule has 0 unspecified atom stereocenters. The van der Waals surface area contributed by atoms with Crippen LogP contribution in [0.3, 0.4) is 0 Å². The minimum absolute atomic E-state index is 0.132. The molecular weight excluding hydrogens is 130 g/mol. The molecule has 1 aliphatic rings. The Morgan fingerprint density at radius 2 is 2.20 bits per heavy atom. The molecule has 2 N–H and O–H groups in total. The minimum atomic E-state index is -0.677. The molecule has 3 heteroatoms. The van der Waals surface area contributed by atoms with Gasteiger partial charge in [-0.15, -0.1) is 0 Å². The van der Waals surface area contributed by atoms with Crippen molar-refractivity contribution in [3.05, 3.63) is 0 Å². The predicted octanol–water partition coefficient (Wildman–Crippen LogP) is 0.457. The highest BCUT2D eigenvalue weighted by molar-refractivity contribution is 5.71. The lowest BCUT2D eigenvalue weighted by Crippen LogP contribution is -2.29. The lowest BCUT2D eigenvalue weighted by atomic mass is 10.0. The summed E-state index contributed by atoms with van der Waals surface area (Å²) in [6.07, 6.45) is 0.760. The SMILES string of the molecule is C[C@@H]1N[C@@H](C)C[C@@H]1C(=O)O. The van der Waals surface area contributed by atoms with Gasteiger partial charge in [-0.05, 0) is 20.3 Å². The predicted molar refractivity (Wildman–Crippen MR) is 37.8 cm³/mol. The van der Waals surface area contributed by atoms with E-state index in [4.69, 9.17) is 5.11 Å². The van der Waals surface area contributed by atoms with Crippen LogP contribution in [0.25, 0.3) is 0 Å². The van der Waals surface area contributed by atoms with Crippen molar-refractivity contribution in [1.29, 1.82) is 0 Å². The first-order valence-electron chi connectivity index (χ1n) is 3.60. The van der Waals surface area contributed by atoms with E-state index in [0.717, 1.165) is 6.42 Å². The molecule has 0 bridgehead atoms. The molecule has 10 heavy (non-hydrogen) atoms. The summed E-state index contributed by atoms with van der Waals surface area (Å²) in [5.74, 6) is -0.862. The molecule has 3 atom stereocenters. The van der Waals surface area contributed by atoms with Gasteiger partial charge in [-0.2, -0.15) is 0 Å². The van der Waals surface area contributed by atoms with Crippen LogP contribution < -0.4 is 5.32 Å². The van der Waals surface area contributed by atoms with Crippen molar-refractivity contribution in [3.63, 3.8) is 0 Å². The molecule has 58 valence electrons. The van der Waals surface area contributed by atoms with Crippen molar-refractivity contribution >= 4 is 5.97 Å². The van der Waals surface area contributed by atoms with Crippen molar-refractivity contribution in [3.8, 4) is 0 Å². The van der Waals surface area contributed by atoms with Crippen LogP contribution in [0.15, 0.2) is 0 Å². The zero-order valence-corrected chi connectivity index (χ0v) is 6.29. The summed E-state index contributed by atoms with van der Waals surface area (Å²) in [6, 6.07) is 0.489. The lowest BCUT2D eigenvalue weighted by molar-refractivity contribution is -0.141. The Kier molecular flexibility index (Phi) is 1.94. The second-order valence-electron chi connectivity index (χ2n) is 3.04. The molecule has 3 nitrogen and oxygen atoms in total. The fourth-order valence-electron chi connectivity index (χ4n) is 1.53. The van der Waals surface area contributed by atoms with E-state index >= 15 is 0 Å². The Morgan fingerprint density at radius 3 is 2.40 bits per heavy atom. The number of rotatable bonds is 1. The van der Waals surface area contributed by atoms with Gasteiger partial charge in [-0.3, -0.25) is 4.79 Å². The van der Waals surface area contributed by atoms with Gasteiger partial charge < -0.3 is 10.4 Å². The number of carbonyl (C=O) groups is 1. The summed E-state index contributed by atoms with van der Waals surface area (Å²) in [5, 5.41) is 11.8. The monoisotopic (exact) mass is 143 g/mol. The largest absolute Gasteiger partial charge is 0.481 e. The van der Waals surface area contributed by atoms with E-state index in [1.165, 1.54) is 0 Å². The molecule has 0 radical (unpaired) electrons. The highest BCUT2D eigenvalue weighted by Gasteiger charge is 2.32. The summed E-state index contributed by atoms with van der Waals surface area (Å²) in [5.41, 5.74) is 0. The third-order valence-electron chi connectivity index (χ3n) is 2.08. The molecule has 0 saturated carbocycles. The van der Waals surface area contributed by atoms with Gasteiger partial charge in [0, 0.05) is 12.1 Å². The third-order valence-corrected chi connectivity index (χ3v) is 2.08. The van der Waals surface area contributed by atoms with Crippen LogP contribution >= 0.6 is 0 Å². The average molecular weight is 143 g/mol. The highest BCUT2D eigenvalue weighted by Crippen LogP contribution is 2.19. The van der Waals surface area contributed by atoms with Crippen LogP contribution in [0.2, 0.25) is 0 Å². The Morgan fingerprint density at radius 1 is 1.60 bits per heavy atom. The molecule has 1 fully saturated rings. The fraction of sp³-hybridized carbons (Fsp3) is 0.857. The van der Waals surface area contributed by atoms with Crippen LogP contribution in [-0.2, 0) is 4.79 Å². The van der Waals surface area contributed by atoms with Crippen LogP contribution in [0.4, 0.5) is 0 Å². The summed E-state index contributed by atoms with van der Waals surface area (Å²) in [7, 11) is 0. The second-order valence-corrected chi connectivity index (χ2v) is 3.04. The van der Waals surface area contributed by atoms with E-state index in [1.54, 1.807) is 0 Å². The minimum Gasteiger partial charge on any atom is -0.481 e. The molecular formula is C7H13NO2. The third kappa shape index (κ3) is 1.29. The summed E-state index contributed by atoms with van der Waals surface area (Å²) < 4.78 is 0. The van der Waals surface area contributed by atoms with Crippen molar-refractivity contribution in [2.24, 2.45) is 5.92 Å². The lowest BCUT2D eigenvalue weighted by Gasteiger charge is -2.07. The zero-order valence-electron chi connectivity index (χ0n) is 6.29. The molecule has 0 aromatic rings. The quantitative estimate of drug-likeness (QED) is 0.560. The van der Waals surface area contributed by atoms with E-state index in [9.17, 15) is 4.79 Å². The van der Waals surface area contributed by atoms with E-state index < -0.39 is 5.97 Å². The number of aliphatic carboxylic acids is 1. The first-order valence-corrected chi connectivity index (χ1v) is 3.60. The van der Waals surface area contributed by atoms with Crippen molar-refractivity contribution < 1.29 is 9.90 Å². The first kappa shape index (κ1) is 7.54. The molecule has 0 spiro atoms. The Balaban J connectivity index is 2.54. The zero-order chi connectivity index (χ0) is 7.72. The molecule has 0 amide bonds. The molecule has 1 heterocycles. The second kappa shape index (κ2) is 2.58. The van der Waals surface area contributed by atoms with Gasteiger partial charge in [0.1, 0.15) is 0 Å². The first-order chi connectivity index (χ1) is 4.61. The van der Waals surface area contributed by atoms with Gasteiger partial charge in [0.15, 0.2) is 0 Å². The summed E-state index contributed by atoms with van der Waals surface area (Å²) in [6.45, 7) is 3.93. The fourth-order valence-corrected chi connectivity index (χ4v) is 1.53. The maximum Gasteiger partial charge on any atom is 0.308 e. The van der Waals surface area contributed by atoms with E-state index in [0.29, 0.717) is 6.04 Å². The molecule has 1 saturated heterocycles. The molecule has 0 aliphatic carbocycles. The van der Waals surface area contributed by atoms with Crippen LogP contribution in [0.5, 0.6) is 0 Å².